The maximum absolute atomic E-state index is 13.1. The Balaban J connectivity index is 0.689. The van der Waals surface area contributed by atoms with E-state index in [1.54, 1.807) is 11.1 Å². The van der Waals surface area contributed by atoms with E-state index in [1.165, 1.54) is 116 Å². The summed E-state index contributed by atoms with van der Waals surface area (Å²) in [5, 5.41) is 2.30. The first-order chi connectivity index (χ1) is 32.5. The molecule has 0 saturated heterocycles. The Morgan fingerprint density at radius 2 is 0.941 bits per heavy atom. The summed E-state index contributed by atoms with van der Waals surface area (Å²) in [6.45, 7) is 25.3. The minimum absolute atomic E-state index is 0.0281. The van der Waals surface area contributed by atoms with E-state index in [2.05, 4.69) is 81.4 Å². The predicted molar refractivity (Wildman–Crippen MR) is 285 cm³/mol. The summed E-state index contributed by atoms with van der Waals surface area (Å²) in [7, 11) is 0. The number of ether oxygens (including phenoxy) is 2. The van der Waals surface area contributed by atoms with Crippen LogP contribution < -0.4 is 0 Å². The smallest absolute Gasteiger partial charge is 0.0591 e. The van der Waals surface area contributed by atoms with Crippen molar-refractivity contribution < 1.29 is 19.1 Å². The summed E-state index contributed by atoms with van der Waals surface area (Å²) in [6.07, 6.45) is 37.2. The molecule has 0 aromatic rings. The molecule has 0 aromatic carbocycles. The number of esters is 2. The van der Waals surface area contributed by atoms with Crippen LogP contribution in [0, 0.1) is 92.7 Å². The van der Waals surface area contributed by atoms with Gasteiger partial charge in [-0.25, -0.2) is 0 Å². The molecule has 0 amide bonds. The number of carbonyl (C=O) groups is 2. The van der Waals surface area contributed by atoms with Crippen molar-refractivity contribution >= 4 is 38.2 Å². The number of hydrogen-bond acceptors (Lipinski definition) is 4. The Kier molecular flexibility index (Phi) is 18.1. The van der Waals surface area contributed by atoms with Gasteiger partial charge in [0.15, 0.2) is 0 Å². The molecule has 0 aromatic heterocycles. The van der Waals surface area contributed by atoms with E-state index < -0.39 is 0 Å². The van der Waals surface area contributed by atoms with Crippen molar-refractivity contribution in [3.05, 3.63) is 23.3 Å². The van der Waals surface area contributed by atoms with E-state index in [0.29, 0.717) is 60.8 Å². The number of fused-ring (bicyclic) bond motifs is 10. The van der Waals surface area contributed by atoms with Gasteiger partial charge in [-0.05, 0) is 72.0 Å². The zero-order valence-corrected chi connectivity index (χ0v) is 48.9. The average Bonchev–Trinajstić information content (AvgIpc) is 3.84. The van der Waals surface area contributed by atoms with Crippen LogP contribution in [0.15, 0.2) is 23.3 Å². The molecule has 0 bridgehead atoms. The molecule has 0 radical (unpaired) electrons. The van der Waals surface area contributed by atoms with Gasteiger partial charge in [0.1, 0.15) is 0 Å². The van der Waals surface area contributed by atoms with Gasteiger partial charge in [0.25, 0.3) is 0 Å². The van der Waals surface area contributed by atoms with Gasteiger partial charge in [-0.3, -0.25) is 0 Å². The molecule has 8 aliphatic rings. The molecule has 6 fully saturated rings. The van der Waals surface area contributed by atoms with Gasteiger partial charge in [0, 0.05) is 0 Å². The Bertz CT molecular complexity index is 1640. The third-order valence-electron chi connectivity index (χ3n) is 22.4. The first-order valence-corrected chi connectivity index (χ1v) is 36.2. The fourth-order valence-electron chi connectivity index (χ4n) is 18.7. The fraction of sp³-hybridized carbons (Fsp3) is 0.903. The SMILES string of the molecule is CC(C)CCC[C@@H](C)[C@H]1CC[C@H]2[C@@H]3CC=C4C[C@@H](OC(=O)CCC[Se][Se]CCCC(=O)O[C@H]5CC[C@@]6(C)C(=CC[C@H]7[C@@H]8CC[C@H]([C@H](C)CCCC(C)C)[C@@]8(C)CC[C@@H]76)C5)CC[C@]4(C)[C@H]3CC[C@]12C. The molecule has 8 rings (SSSR count). The zero-order chi connectivity index (χ0) is 48.4. The summed E-state index contributed by atoms with van der Waals surface area (Å²) >= 11 is 1.16. The van der Waals surface area contributed by atoms with Crippen LogP contribution in [0.2, 0.25) is 10.6 Å². The van der Waals surface area contributed by atoms with E-state index in [9.17, 15) is 9.59 Å². The van der Waals surface area contributed by atoms with Crippen molar-refractivity contribution in [1.29, 1.82) is 0 Å². The van der Waals surface area contributed by atoms with E-state index >= 15 is 0 Å². The molecule has 6 saturated carbocycles. The topological polar surface area (TPSA) is 52.6 Å². The minimum Gasteiger partial charge on any atom is -0.0591 e. The van der Waals surface area contributed by atoms with Crippen molar-refractivity contribution in [1.82, 2.24) is 0 Å². The van der Waals surface area contributed by atoms with Crippen LogP contribution in [-0.2, 0) is 19.1 Å². The third kappa shape index (κ3) is 11.4. The van der Waals surface area contributed by atoms with Gasteiger partial charge in [-0.15, -0.1) is 0 Å². The van der Waals surface area contributed by atoms with Crippen molar-refractivity contribution in [3.8, 4) is 0 Å². The molecule has 8 aliphatic carbocycles. The van der Waals surface area contributed by atoms with Crippen molar-refractivity contribution in [2.24, 2.45) is 92.7 Å². The second kappa shape index (κ2) is 22.9. The summed E-state index contributed by atoms with van der Waals surface area (Å²) in [4.78, 5) is 26.2. The molecule has 0 heterocycles. The molecular formula is C62H102O4Se2. The van der Waals surface area contributed by atoms with Crippen LogP contribution in [0.3, 0.4) is 0 Å². The summed E-state index contributed by atoms with van der Waals surface area (Å²) < 4.78 is 12.4. The quantitative estimate of drug-likeness (QED) is 0.0497. The maximum atomic E-state index is 13.1. The predicted octanol–water partition coefficient (Wildman–Crippen LogP) is 16.6. The van der Waals surface area contributed by atoms with Gasteiger partial charge < -0.3 is 0 Å². The monoisotopic (exact) mass is 1070 g/mol. The van der Waals surface area contributed by atoms with Crippen LogP contribution in [0.5, 0.6) is 0 Å². The number of allylic oxidation sites excluding steroid dienone is 2. The van der Waals surface area contributed by atoms with E-state index in [0.717, 1.165) is 120 Å². The molecule has 386 valence electrons. The summed E-state index contributed by atoms with van der Waals surface area (Å²) in [5.74, 6) is 10.3. The molecule has 0 unspecified atom stereocenters. The normalized spacial score (nSPS) is 40.5. The Hall–Kier alpha value is -0.541. The minimum atomic E-state index is 0.0281. The van der Waals surface area contributed by atoms with Crippen LogP contribution >= 0.6 is 0 Å². The Morgan fingerprint density at radius 3 is 1.34 bits per heavy atom. The number of hydrogen-bond donors (Lipinski definition) is 0. The van der Waals surface area contributed by atoms with E-state index in [-0.39, 0.29) is 24.1 Å². The zero-order valence-electron chi connectivity index (χ0n) is 45.5. The van der Waals surface area contributed by atoms with Gasteiger partial charge in [-0.1, -0.05) is 93.9 Å². The summed E-state index contributed by atoms with van der Waals surface area (Å²) in [5.41, 5.74) is 4.91. The molecule has 6 heteroatoms. The molecule has 16 atom stereocenters. The van der Waals surface area contributed by atoms with E-state index in [4.69, 9.17) is 9.47 Å². The summed E-state index contributed by atoms with van der Waals surface area (Å²) in [6, 6.07) is 0. The average molecular weight is 1070 g/mol. The number of rotatable bonds is 21. The molecule has 68 heavy (non-hydrogen) atoms. The molecular weight excluding hydrogens is 967 g/mol. The van der Waals surface area contributed by atoms with Gasteiger partial charge in [-0.2, -0.15) is 0 Å². The van der Waals surface area contributed by atoms with Gasteiger partial charge in [0.05, 0.1) is 0 Å². The van der Waals surface area contributed by atoms with Gasteiger partial charge in [0.2, 0.25) is 0 Å². The second-order valence-electron chi connectivity index (χ2n) is 27.1. The van der Waals surface area contributed by atoms with Crippen LogP contribution in [-0.4, -0.2) is 50.4 Å². The molecule has 0 N–H and O–H groups in total. The molecule has 0 spiro atoms. The van der Waals surface area contributed by atoms with Crippen LogP contribution in [0.1, 0.15) is 236 Å². The van der Waals surface area contributed by atoms with Crippen molar-refractivity contribution in [3.63, 3.8) is 0 Å². The Labute approximate surface area is 429 Å². The second-order valence-corrected chi connectivity index (χ2v) is 35.0. The first kappa shape index (κ1) is 53.7. The van der Waals surface area contributed by atoms with E-state index in [1.807, 2.05) is 0 Å². The van der Waals surface area contributed by atoms with Gasteiger partial charge >= 0.3 is 266 Å². The van der Waals surface area contributed by atoms with Crippen LogP contribution in [0.4, 0.5) is 0 Å². The fourth-order valence-corrected chi connectivity index (χ4v) is 25.4. The standard InChI is InChI=1S/C62H102O4Se2/c1-41(2)15-11-17-43(5)51-25-27-53-49-23-21-45-39-47(29-33-59(45,7)55(49)31-35-61(51,53)9)65-57(63)19-13-37-67-68-38-14-20-58(64)66-48-30-34-60(8)46(40-48)22-24-50-54-28-26-52(44(6)18-12-16-42(3)4)62(54,10)36-32-56(50)60/h21-22,41-44,47-56H,11-20,23-40H2,1-10H3/t43-,44-,47+,48+,49+,50+,51-,52-,53+,54+,55+,56+,59+,60+,61-,62-/m1/s1. The Morgan fingerprint density at radius 1 is 0.529 bits per heavy atom. The van der Waals surface area contributed by atoms with Crippen molar-refractivity contribution in [2.45, 2.75) is 259 Å². The van der Waals surface area contributed by atoms with Crippen LogP contribution in [0.25, 0.3) is 0 Å². The molecule has 0 aliphatic heterocycles. The third-order valence-corrected chi connectivity index (χ3v) is 30.1. The van der Waals surface area contributed by atoms with Crippen molar-refractivity contribution in [2.75, 3.05) is 0 Å². The molecule has 4 nitrogen and oxygen atoms in total. The number of carbonyl (C=O) groups excluding carboxylic acids is 2. The first-order valence-electron chi connectivity index (χ1n) is 29.5.